The van der Waals surface area contributed by atoms with Gasteiger partial charge in [-0.3, -0.25) is 14.4 Å². The second-order valence-electron chi connectivity index (χ2n) is 17.4. The van der Waals surface area contributed by atoms with Gasteiger partial charge in [0.2, 0.25) is 0 Å². The summed E-state index contributed by atoms with van der Waals surface area (Å²) in [5.41, 5.74) is 0. The van der Waals surface area contributed by atoms with Crippen LogP contribution < -0.4 is 0 Å². The summed E-state index contributed by atoms with van der Waals surface area (Å²) in [7, 11) is 0. The van der Waals surface area contributed by atoms with Crippen molar-refractivity contribution >= 4 is 17.9 Å². The van der Waals surface area contributed by atoms with E-state index in [4.69, 9.17) is 14.2 Å². The van der Waals surface area contributed by atoms with E-state index in [1.807, 2.05) is 0 Å². The van der Waals surface area contributed by atoms with Crippen LogP contribution in [-0.4, -0.2) is 37.2 Å². The lowest BCUT2D eigenvalue weighted by molar-refractivity contribution is -0.167. The number of allylic oxidation sites excluding steroid dienone is 10. The first-order valence-electron chi connectivity index (χ1n) is 26.3. The van der Waals surface area contributed by atoms with Crippen molar-refractivity contribution in [3.05, 3.63) is 60.8 Å². The third-order valence-corrected chi connectivity index (χ3v) is 11.2. The van der Waals surface area contributed by atoms with Gasteiger partial charge in [0.15, 0.2) is 6.10 Å². The van der Waals surface area contributed by atoms with E-state index in [2.05, 4.69) is 81.5 Å². The molecule has 0 saturated heterocycles. The maximum Gasteiger partial charge on any atom is 0.306 e. The second-order valence-corrected chi connectivity index (χ2v) is 17.4. The fourth-order valence-corrected chi connectivity index (χ4v) is 7.24. The monoisotopic (exact) mass is 867 g/mol. The Morgan fingerprint density at radius 3 is 0.968 bits per heavy atom. The van der Waals surface area contributed by atoms with E-state index in [0.717, 1.165) is 70.6 Å². The number of hydrogen-bond donors (Lipinski definition) is 0. The second kappa shape index (κ2) is 50.8. The average Bonchev–Trinajstić information content (AvgIpc) is 3.27. The lowest BCUT2D eigenvalue weighted by Gasteiger charge is -2.18. The van der Waals surface area contributed by atoms with E-state index in [9.17, 15) is 14.4 Å². The predicted octanol–water partition coefficient (Wildman–Crippen LogP) is 17.3. The highest BCUT2D eigenvalue weighted by Crippen LogP contribution is 2.14. The van der Waals surface area contributed by atoms with Crippen LogP contribution in [-0.2, 0) is 28.6 Å². The highest BCUT2D eigenvalue weighted by atomic mass is 16.6. The minimum absolute atomic E-state index is 0.0892. The molecule has 0 aliphatic carbocycles. The van der Waals surface area contributed by atoms with E-state index >= 15 is 0 Å². The number of hydrogen-bond acceptors (Lipinski definition) is 6. The summed E-state index contributed by atoms with van der Waals surface area (Å²) >= 11 is 0. The van der Waals surface area contributed by atoms with Crippen LogP contribution in [0.15, 0.2) is 60.8 Å². The Bertz CT molecular complexity index is 1130. The Labute approximate surface area is 383 Å². The van der Waals surface area contributed by atoms with Gasteiger partial charge in [0.25, 0.3) is 0 Å². The Kier molecular flexibility index (Phi) is 48.4. The van der Waals surface area contributed by atoms with Crippen LogP contribution in [0.1, 0.15) is 258 Å². The van der Waals surface area contributed by atoms with Gasteiger partial charge in [-0.15, -0.1) is 0 Å². The first-order valence-corrected chi connectivity index (χ1v) is 26.3. The van der Waals surface area contributed by atoms with Crippen LogP contribution in [0.2, 0.25) is 0 Å². The molecule has 0 saturated carbocycles. The van der Waals surface area contributed by atoms with Crippen molar-refractivity contribution in [1.29, 1.82) is 0 Å². The standard InChI is InChI=1S/C56H98O6/c1-4-7-10-13-16-19-22-24-26-27-28-29-31-32-34-37-40-43-46-49-55(58)61-52-53(51-60-54(57)48-45-42-39-36-21-18-15-12-9-6-3)62-56(59)50-47-44-41-38-35-33-30-25-23-20-17-14-11-8-5-2/h16-17,19-20,24-26,30,35,38,53H,4-15,18,21-23,27-29,31-34,36-37,39-52H2,1-3H3/b19-16-,20-17-,26-24-,30-25-,38-35-/t53-/m1/s1. The topological polar surface area (TPSA) is 78.9 Å². The molecular weight excluding hydrogens is 769 g/mol. The molecule has 62 heavy (non-hydrogen) atoms. The first-order chi connectivity index (χ1) is 30.5. The maximum absolute atomic E-state index is 12.8. The van der Waals surface area contributed by atoms with Crippen LogP contribution >= 0.6 is 0 Å². The minimum atomic E-state index is -0.792. The van der Waals surface area contributed by atoms with Crippen molar-refractivity contribution in [2.75, 3.05) is 13.2 Å². The average molecular weight is 867 g/mol. The molecule has 6 heteroatoms. The summed E-state index contributed by atoms with van der Waals surface area (Å²) in [5, 5.41) is 0. The Morgan fingerprint density at radius 1 is 0.323 bits per heavy atom. The molecule has 0 rings (SSSR count). The van der Waals surface area contributed by atoms with Crippen LogP contribution in [0.4, 0.5) is 0 Å². The molecule has 0 amide bonds. The third kappa shape index (κ3) is 48.1. The first kappa shape index (κ1) is 59.1. The fourth-order valence-electron chi connectivity index (χ4n) is 7.24. The number of esters is 3. The van der Waals surface area contributed by atoms with Gasteiger partial charge in [0, 0.05) is 19.3 Å². The SMILES string of the molecule is CCCCC/C=C\C/C=C\C/C=C\CCCCC(=O)O[C@H](COC(=O)CCCCCCCCCCCC)COC(=O)CCCCCCCCCCC/C=C\C/C=C\CCCCC. The summed E-state index contributed by atoms with van der Waals surface area (Å²) in [5.74, 6) is -0.929. The molecule has 0 aromatic carbocycles. The maximum atomic E-state index is 12.8. The van der Waals surface area contributed by atoms with Crippen molar-refractivity contribution in [1.82, 2.24) is 0 Å². The van der Waals surface area contributed by atoms with Crippen molar-refractivity contribution in [3.8, 4) is 0 Å². The van der Waals surface area contributed by atoms with Gasteiger partial charge in [0.05, 0.1) is 0 Å². The quantitative estimate of drug-likeness (QED) is 0.0262. The normalized spacial score (nSPS) is 12.5. The summed E-state index contributed by atoms with van der Waals surface area (Å²) in [6, 6.07) is 0. The minimum Gasteiger partial charge on any atom is -0.462 e. The van der Waals surface area contributed by atoms with Crippen LogP contribution in [0.3, 0.4) is 0 Å². The summed E-state index contributed by atoms with van der Waals surface area (Å²) < 4.78 is 16.8. The smallest absolute Gasteiger partial charge is 0.306 e. The summed E-state index contributed by atoms with van der Waals surface area (Å²) in [6.07, 6.45) is 62.1. The van der Waals surface area contributed by atoms with Gasteiger partial charge in [-0.1, -0.05) is 210 Å². The number of carbonyl (C=O) groups is 3. The van der Waals surface area contributed by atoms with Crippen molar-refractivity contribution in [3.63, 3.8) is 0 Å². The molecule has 0 heterocycles. The van der Waals surface area contributed by atoms with Gasteiger partial charge in [-0.05, 0) is 89.9 Å². The zero-order valence-corrected chi connectivity index (χ0v) is 40.9. The van der Waals surface area contributed by atoms with E-state index in [1.54, 1.807) is 0 Å². The molecule has 0 fully saturated rings. The molecular formula is C56H98O6. The predicted molar refractivity (Wildman–Crippen MR) is 265 cm³/mol. The molecule has 0 aliphatic heterocycles. The van der Waals surface area contributed by atoms with Crippen molar-refractivity contribution < 1.29 is 28.6 Å². The largest absolute Gasteiger partial charge is 0.462 e. The molecule has 0 bridgehead atoms. The zero-order chi connectivity index (χ0) is 45.1. The van der Waals surface area contributed by atoms with Crippen LogP contribution in [0.25, 0.3) is 0 Å². The summed E-state index contributed by atoms with van der Waals surface area (Å²) in [6.45, 7) is 6.54. The lowest BCUT2D eigenvalue weighted by atomic mass is 10.1. The van der Waals surface area contributed by atoms with Gasteiger partial charge in [-0.25, -0.2) is 0 Å². The van der Waals surface area contributed by atoms with Crippen LogP contribution in [0.5, 0.6) is 0 Å². The molecule has 0 N–H and O–H groups in total. The molecule has 1 atom stereocenters. The third-order valence-electron chi connectivity index (χ3n) is 11.2. The van der Waals surface area contributed by atoms with Crippen molar-refractivity contribution in [2.24, 2.45) is 0 Å². The Hall–Kier alpha value is -2.89. The molecule has 0 aromatic rings. The van der Waals surface area contributed by atoms with E-state index in [1.165, 1.54) is 141 Å². The molecule has 0 aliphatic rings. The number of ether oxygens (including phenoxy) is 3. The van der Waals surface area contributed by atoms with Gasteiger partial charge >= 0.3 is 17.9 Å². The van der Waals surface area contributed by atoms with E-state index < -0.39 is 6.10 Å². The van der Waals surface area contributed by atoms with E-state index in [0.29, 0.717) is 19.3 Å². The lowest BCUT2D eigenvalue weighted by Crippen LogP contribution is -2.30. The molecule has 0 radical (unpaired) electrons. The highest BCUT2D eigenvalue weighted by Gasteiger charge is 2.19. The highest BCUT2D eigenvalue weighted by molar-refractivity contribution is 5.71. The fraction of sp³-hybridized carbons (Fsp3) is 0.768. The molecule has 0 aromatic heterocycles. The number of rotatable bonds is 47. The van der Waals surface area contributed by atoms with Crippen LogP contribution in [0, 0.1) is 0 Å². The van der Waals surface area contributed by atoms with E-state index in [-0.39, 0.29) is 37.5 Å². The molecule has 6 nitrogen and oxygen atoms in total. The Balaban J connectivity index is 4.38. The van der Waals surface area contributed by atoms with Gasteiger partial charge < -0.3 is 14.2 Å². The molecule has 358 valence electrons. The number of unbranched alkanes of at least 4 members (excludes halogenated alkanes) is 26. The Morgan fingerprint density at radius 2 is 0.581 bits per heavy atom. The molecule has 0 unspecified atom stereocenters. The van der Waals surface area contributed by atoms with Gasteiger partial charge in [0.1, 0.15) is 13.2 Å². The molecule has 0 spiro atoms. The zero-order valence-electron chi connectivity index (χ0n) is 40.9. The summed E-state index contributed by atoms with van der Waals surface area (Å²) in [4.78, 5) is 37.9. The number of carbonyl (C=O) groups excluding carboxylic acids is 3. The van der Waals surface area contributed by atoms with Gasteiger partial charge in [-0.2, -0.15) is 0 Å². The van der Waals surface area contributed by atoms with Crippen molar-refractivity contribution in [2.45, 2.75) is 264 Å².